The van der Waals surface area contributed by atoms with Gasteiger partial charge in [0, 0.05) is 42.4 Å². The van der Waals surface area contributed by atoms with Crippen LogP contribution in [0.2, 0.25) is 0 Å². The Kier molecular flexibility index (Phi) is 5.58. The van der Waals surface area contributed by atoms with E-state index in [2.05, 4.69) is 10.2 Å². The summed E-state index contributed by atoms with van der Waals surface area (Å²) in [4.78, 5) is 25.4. The molecule has 1 amide bonds. The minimum atomic E-state index is -0.473. The molecule has 7 heteroatoms. The first-order chi connectivity index (χ1) is 14.0. The van der Waals surface area contributed by atoms with E-state index in [0.29, 0.717) is 17.6 Å². The van der Waals surface area contributed by atoms with Crippen LogP contribution in [-0.4, -0.2) is 33.9 Å². The summed E-state index contributed by atoms with van der Waals surface area (Å²) in [5.41, 5.74) is 1.52. The van der Waals surface area contributed by atoms with Gasteiger partial charge in [0.1, 0.15) is 5.82 Å². The van der Waals surface area contributed by atoms with Crippen molar-refractivity contribution in [2.75, 3.05) is 0 Å². The second kappa shape index (κ2) is 8.29. The fourth-order valence-electron chi connectivity index (χ4n) is 4.66. The Balaban J connectivity index is 1.39. The normalized spacial score (nSPS) is 24.1. The maximum atomic E-state index is 13.2. The highest BCUT2D eigenvalue weighted by Gasteiger charge is 2.38. The summed E-state index contributed by atoms with van der Waals surface area (Å²) in [5, 5.41) is 13.9. The van der Waals surface area contributed by atoms with Gasteiger partial charge in [-0.1, -0.05) is 18.6 Å². The molecule has 4 rings (SSSR count). The van der Waals surface area contributed by atoms with E-state index >= 15 is 0 Å². The lowest BCUT2D eigenvalue weighted by Gasteiger charge is -2.49. The number of fused-ring (bicyclic) bond motifs is 2. The van der Waals surface area contributed by atoms with Gasteiger partial charge in [0.2, 0.25) is 0 Å². The molecule has 0 unspecified atom stereocenters. The molecule has 0 aromatic heterocycles. The number of carbonyl (C=O) groups is 1. The molecule has 152 valence electrons. The van der Waals surface area contributed by atoms with Crippen molar-refractivity contribution in [2.45, 2.75) is 56.8 Å². The molecular formula is C22H24FN3O3. The van der Waals surface area contributed by atoms with Crippen molar-refractivity contribution in [1.82, 2.24) is 10.2 Å². The number of nitro groups is 1. The van der Waals surface area contributed by atoms with Crippen LogP contribution < -0.4 is 5.32 Å². The average molecular weight is 397 g/mol. The lowest BCUT2D eigenvalue weighted by Crippen LogP contribution is -2.56. The molecular weight excluding hydrogens is 373 g/mol. The average Bonchev–Trinajstić information content (AvgIpc) is 2.70. The third kappa shape index (κ3) is 4.45. The SMILES string of the molecule is O=C(NC1C[C@@H]2CCC[C@@H](C1)N2Cc1ccc(F)cc1)c1ccc([N+](=O)[O-])cc1. The number of amides is 1. The number of benzene rings is 2. The molecule has 1 N–H and O–H groups in total. The van der Waals surface area contributed by atoms with Gasteiger partial charge in [-0.25, -0.2) is 4.39 Å². The van der Waals surface area contributed by atoms with Crippen molar-refractivity contribution in [3.8, 4) is 0 Å². The van der Waals surface area contributed by atoms with Gasteiger partial charge in [0.05, 0.1) is 4.92 Å². The summed E-state index contributed by atoms with van der Waals surface area (Å²) < 4.78 is 13.2. The van der Waals surface area contributed by atoms with Crippen LogP contribution in [0.5, 0.6) is 0 Å². The highest BCUT2D eigenvalue weighted by Crippen LogP contribution is 2.35. The van der Waals surface area contributed by atoms with Gasteiger partial charge in [-0.3, -0.25) is 19.8 Å². The molecule has 2 aliphatic heterocycles. The zero-order valence-electron chi connectivity index (χ0n) is 16.1. The summed E-state index contributed by atoms with van der Waals surface area (Å²) in [7, 11) is 0. The highest BCUT2D eigenvalue weighted by atomic mass is 19.1. The van der Waals surface area contributed by atoms with Crippen LogP contribution in [0.4, 0.5) is 10.1 Å². The zero-order chi connectivity index (χ0) is 20.4. The van der Waals surface area contributed by atoms with E-state index in [-0.39, 0.29) is 23.5 Å². The van der Waals surface area contributed by atoms with Gasteiger partial charge in [0.15, 0.2) is 0 Å². The van der Waals surface area contributed by atoms with Gasteiger partial charge >= 0.3 is 0 Å². The van der Waals surface area contributed by atoms with Crippen molar-refractivity contribution in [3.63, 3.8) is 0 Å². The molecule has 2 aromatic carbocycles. The molecule has 29 heavy (non-hydrogen) atoms. The lowest BCUT2D eigenvalue weighted by atomic mass is 9.81. The number of nitrogens with zero attached hydrogens (tertiary/aromatic N) is 2. The molecule has 0 radical (unpaired) electrons. The Morgan fingerprint density at radius 2 is 1.69 bits per heavy atom. The molecule has 2 heterocycles. The topological polar surface area (TPSA) is 75.5 Å². The third-order valence-electron chi connectivity index (χ3n) is 6.08. The standard InChI is InChI=1S/C22H24FN3O3/c23-17-8-4-15(5-9-17)14-25-20-2-1-3-21(25)13-18(12-20)24-22(27)16-6-10-19(11-7-16)26(28)29/h4-11,18,20-21H,1-3,12-14H2,(H,24,27)/t20-,21-/m0/s1. The summed E-state index contributed by atoms with van der Waals surface area (Å²) in [6, 6.07) is 13.3. The van der Waals surface area contributed by atoms with Crippen LogP contribution >= 0.6 is 0 Å². The first-order valence-electron chi connectivity index (χ1n) is 10.0. The Labute approximate surface area is 168 Å². The van der Waals surface area contributed by atoms with Gasteiger partial charge in [-0.05, 0) is 55.5 Å². The maximum absolute atomic E-state index is 13.2. The summed E-state index contributed by atoms with van der Waals surface area (Å²) in [5.74, 6) is -0.406. The number of nitro benzene ring substituents is 1. The minimum Gasteiger partial charge on any atom is -0.349 e. The third-order valence-corrected chi connectivity index (χ3v) is 6.08. The Morgan fingerprint density at radius 1 is 1.07 bits per heavy atom. The summed E-state index contributed by atoms with van der Waals surface area (Å²) >= 11 is 0. The molecule has 2 bridgehead atoms. The van der Waals surface area contributed by atoms with E-state index < -0.39 is 4.92 Å². The number of piperidine rings is 2. The first kappa shape index (κ1) is 19.5. The van der Waals surface area contributed by atoms with E-state index in [0.717, 1.165) is 37.8 Å². The van der Waals surface area contributed by atoms with E-state index in [9.17, 15) is 19.3 Å². The minimum absolute atomic E-state index is 0.0230. The predicted molar refractivity (Wildman–Crippen MR) is 107 cm³/mol. The Bertz CT molecular complexity index is 871. The molecule has 2 aliphatic rings. The van der Waals surface area contributed by atoms with Crippen molar-refractivity contribution in [1.29, 1.82) is 0 Å². The Morgan fingerprint density at radius 3 is 2.28 bits per heavy atom. The van der Waals surface area contributed by atoms with Gasteiger partial charge in [-0.15, -0.1) is 0 Å². The number of nitrogens with one attached hydrogen (secondary N) is 1. The van der Waals surface area contributed by atoms with Crippen LogP contribution in [0.3, 0.4) is 0 Å². The van der Waals surface area contributed by atoms with Crippen LogP contribution in [0.1, 0.15) is 48.0 Å². The second-order valence-electron chi connectivity index (χ2n) is 7.98. The quantitative estimate of drug-likeness (QED) is 0.610. The fourth-order valence-corrected chi connectivity index (χ4v) is 4.66. The molecule has 0 spiro atoms. The summed E-state index contributed by atoms with van der Waals surface area (Å²) in [6.07, 6.45) is 5.16. The maximum Gasteiger partial charge on any atom is 0.269 e. The molecule has 2 fully saturated rings. The fraction of sp³-hybridized carbons (Fsp3) is 0.409. The zero-order valence-corrected chi connectivity index (χ0v) is 16.1. The van der Waals surface area contributed by atoms with Crippen molar-refractivity contribution in [3.05, 3.63) is 75.6 Å². The predicted octanol–water partition coefficient (Wildman–Crippen LogP) is 4.05. The number of hydrogen-bond donors (Lipinski definition) is 1. The van der Waals surface area contributed by atoms with Gasteiger partial charge in [-0.2, -0.15) is 0 Å². The van der Waals surface area contributed by atoms with E-state index in [1.54, 1.807) is 0 Å². The molecule has 0 saturated carbocycles. The van der Waals surface area contributed by atoms with Crippen molar-refractivity contribution < 1.29 is 14.1 Å². The van der Waals surface area contributed by atoms with Gasteiger partial charge < -0.3 is 5.32 Å². The first-order valence-corrected chi connectivity index (χ1v) is 10.0. The molecule has 2 saturated heterocycles. The number of rotatable bonds is 5. The van der Waals surface area contributed by atoms with Crippen LogP contribution in [0.25, 0.3) is 0 Å². The van der Waals surface area contributed by atoms with Crippen molar-refractivity contribution in [2.24, 2.45) is 0 Å². The Hall–Kier alpha value is -2.80. The molecule has 2 atom stereocenters. The number of non-ortho nitro benzene ring substituents is 1. The largest absolute Gasteiger partial charge is 0.349 e. The van der Waals surface area contributed by atoms with E-state index in [1.807, 2.05) is 12.1 Å². The highest BCUT2D eigenvalue weighted by molar-refractivity contribution is 5.94. The number of hydrogen-bond acceptors (Lipinski definition) is 4. The second-order valence-corrected chi connectivity index (χ2v) is 7.98. The molecule has 0 aliphatic carbocycles. The molecule has 2 aromatic rings. The summed E-state index contributed by atoms with van der Waals surface area (Å²) in [6.45, 7) is 0.804. The molecule has 6 nitrogen and oxygen atoms in total. The van der Waals surface area contributed by atoms with Crippen LogP contribution in [0.15, 0.2) is 48.5 Å². The van der Waals surface area contributed by atoms with E-state index in [4.69, 9.17) is 0 Å². The monoisotopic (exact) mass is 397 g/mol. The number of carbonyl (C=O) groups excluding carboxylic acids is 1. The lowest BCUT2D eigenvalue weighted by molar-refractivity contribution is -0.384. The number of halogens is 1. The smallest absolute Gasteiger partial charge is 0.269 e. The van der Waals surface area contributed by atoms with Crippen molar-refractivity contribution >= 4 is 11.6 Å². The van der Waals surface area contributed by atoms with Crippen LogP contribution in [-0.2, 0) is 6.54 Å². The van der Waals surface area contributed by atoms with E-state index in [1.165, 1.54) is 42.8 Å². The van der Waals surface area contributed by atoms with Gasteiger partial charge in [0.25, 0.3) is 11.6 Å². The van der Waals surface area contributed by atoms with Crippen LogP contribution in [0, 0.1) is 15.9 Å².